The average molecular weight is 236 g/mol. The largest absolute Gasteiger partial charge is 0.507 e. The van der Waals surface area contributed by atoms with Crippen molar-refractivity contribution in [1.82, 2.24) is 0 Å². The molecule has 90 valence electrons. The van der Waals surface area contributed by atoms with E-state index in [1.165, 1.54) is 18.2 Å². The van der Waals surface area contributed by atoms with Gasteiger partial charge in [0.25, 0.3) is 0 Å². The van der Waals surface area contributed by atoms with Crippen molar-refractivity contribution >= 4 is 11.7 Å². The van der Waals surface area contributed by atoms with Crippen molar-refractivity contribution < 1.29 is 24.9 Å². The first-order valence-electron chi connectivity index (χ1n) is 4.78. The molecule has 1 aromatic carbocycles. The standard InChI is InChI=1S/C12H12O5/c13-8-17-10-4-1-3-9(7-10)11(14)5-2-6-12(15)16/h1-7,13-14H,8H2,(H,15,16). The van der Waals surface area contributed by atoms with Gasteiger partial charge >= 0.3 is 5.97 Å². The Morgan fingerprint density at radius 3 is 2.76 bits per heavy atom. The van der Waals surface area contributed by atoms with Gasteiger partial charge in [0.1, 0.15) is 11.5 Å². The molecule has 0 heterocycles. The van der Waals surface area contributed by atoms with Crippen LogP contribution in [0.1, 0.15) is 5.56 Å². The summed E-state index contributed by atoms with van der Waals surface area (Å²) in [7, 11) is 0. The highest BCUT2D eigenvalue weighted by atomic mass is 16.6. The van der Waals surface area contributed by atoms with Crippen LogP contribution in [0.25, 0.3) is 5.76 Å². The topological polar surface area (TPSA) is 87.0 Å². The van der Waals surface area contributed by atoms with Crippen molar-refractivity contribution in [3.63, 3.8) is 0 Å². The van der Waals surface area contributed by atoms with Crippen LogP contribution in [0.15, 0.2) is 42.5 Å². The summed E-state index contributed by atoms with van der Waals surface area (Å²) in [6.07, 6.45) is 3.38. The third-order valence-corrected chi connectivity index (χ3v) is 1.85. The smallest absolute Gasteiger partial charge is 0.328 e. The molecule has 0 saturated carbocycles. The number of aliphatic hydroxyl groups is 2. The van der Waals surface area contributed by atoms with E-state index in [4.69, 9.17) is 14.9 Å². The average Bonchev–Trinajstić information content (AvgIpc) is 2.29. The van der Waals surface area contributed by atoms with E-state index >= 15 is 0 Å². The van der Waals surface area contributed by atoms with Crippen LogP contribution in [0.3, 0.4) is 0 Å². The third kappa shape index (κ3) is 4.40. The van der Waals surface area contributed by atoms with Gasteiger partial charge in [0.2, 0.25) is 0 Å². The van der Waals surface area contributed by atoms with Gasteiger partial charge in [-0.3, -0.25) is 0 Å². The number of hydrogen-bond acceptors (Lipinski definition) is 4. The quantitative estimate of drug-likeness (QED) is 0.312. The van der Waals surface area contributed by atoms with E-state index in [0.29, 0.717) is 11.3 Å². The number of carboxylic acid groups (broad SMARTS) is 1. The summed E-state index contributed by atoms with van der Waals surface area (Å²) in [6, 6.07) is 6.42. The molecule has 0 aromatic heterocycles. The zero-order valence-electron chi connectivity index (χ0n) is 8.91. The molecule has 0 saturated heterocycles. The van der Waals surface area contributed by atoms with E-state index in [1.54, 1.807) is 18.2 Å². The Morgan fingerprint density at radius 2 is 2.12 bits per heavy atom. The SMILES string of the molecule is O=C(O)C=CC=C(O)c1cccc(OCO)c1. The van der Waals surface area contributed by atoms with Crippen LogP contribution in [-0.2, 0) is 4.79 Å². The van der Waals surface area contributed by atoms with Crippen molar-refractivity contribution in [1.29, 1.82) is 0 Å². The molecule has 3 N–H and O–H groups in total. The number of benzene rings is 1. The van der Waals surface area contributed by atoms with Gasteiger partial charge in [-0.15, -0.1) is 0 Å². The fraction of sp³-hybridized carbons (Fsp3) is 0.0833. The number of hydrogen-bond donors (Lipinski definition) is 3. The lowest BCUT2D eigenvalue weighted by molar-refractivity contribution is -0.131. The minimum absolute atomic E-state index is 0.0918. The molecule has 0 bridgehead atoms. The second kappa shape index (κ2) is 6.34. The van der Waals surface area contributed by atoms with Gasteiger partial charge in [-0.05, 0) is 18.2 Å². The lowest BCUT2D eigenvalue weighted by atomic mass is 10.1. The van der Waals surface area contributed by atoms with E-state index in [1.807, 2.05) is 0 Å². The first-order chi connectivity index (χ1) is 8.13. The van der Waals surface area contributed by atoms with Gasteiger partial charge in [-0.1, -0.05) is 18.2 Å². The Labute approximate surface area is 97.9 Å². The summed E-state index contributed by atoms with van der Waals surface area (Å²) >= 11 is 0. The number of ether oxygens (including phenoxy) is 1. The van der Waals surface area contributed by atoms with Crippen LogP contribution in [0.5, 0.6) is 5.75 Å². The zero-order chi connectivity index (χ0) is 12.7. The van der Waals surface area contributed by atoms with Crippen molar-refractivity contribution in [3.8, 4) is 5.75 Å². The monoisotopic (exact) mass is 236 g/mol. The molecule has 0 radical (unpaired) electrons. The predicted octanol–water partition coefficient (Wildman–Crippen LogP) is 1.55. The first kappa shape index (κ1) is 12.8. The maximum Gasteiger partial charge on any atom is 0.328 e. The maximum atomic E-state index is 10.2. The molecule has 0 fully saturated rings. The molecule has 0 spiro atoms. The number of carboxylic acids is 1. The van der Waals surface area contributed by atoms with E-state index in [2.05, 4.69) is 0 Å². The number of rotatable bonds is 5. The van der Waals surface area contributed by atoms with E-state index < -0.39 is 12.8 Å². The summed E-state index contributed by atoms with van der Waals surface area (Å²) < 4.78 is 4.84. The number of aliphatic hydroxyl groups excluding tert-OH is 2. The molecule has 0 atom stereocenters. The molecule has 0 unspecified atom stereocenters. The predicted molar refractivity (Wildman–Crippen MR) is 61.5 cm³/mol. The molecule has 0 aliphatic rings. The molecule has 17 heavy (non-hydrogen) atoms. The zero-order valence-corrected chi connectivity index (χ0v) is 8.91. The fourth-order valence-electron chi connectivity index (χ4n) is 1.14. The van der Waals surface area contributed by atoms with Gasteiger partial charge in [0.05, 0.1) is 0 Å². The summed E-state index contributed by atoms with van der Waals surface area (Å²) in [6.45, 7) is -0.452. The van der Waals surface area contributed by atoms with Gasteiger partial charge in [-0.2, -0.15) is 0 Å². The van der Waals surface area contributed by atoms with Gasteiger partial charge in [0, 0.05) is 11.6 Å². The van der Waals surface area contributed by atoms with Crippen LogP contribution in [0, 0.1) is 0 Å². The Kier molecular flexibility index (Phi) is 4.77. The van der Waals surface area contributed by atoms with Crippen LogP contribution >= 0.6 is 0 Å². The lowest BCUT2D eigenvalue weighted by Gasteiger charge is -2.04. The van der Waals surface area contributed by atoms with Crippen LogP contribution in [0.2, 0.25) is 0 Å². The van der Waals surface area contributed by atoms with Crippen molar-refractivity contribution in [2.24, 2.45) is 0 Å². The number of carbonyl (C=O) groups is 1. The number of allylic oxidation sites excluding steroid dienone is 2. The third-order valence-electron chi connectivity index (χ3n) is 1.85. The Bertz CT molecular complexity index is 448. The van der Waals surface area contributed by atoms with Crippen LogP contribution in [0.4, 0.5) is 0 Å². The highest BCUT2D eigenvalue weighted by Crippen LogP contribution is 2.18. The summed E-state index contributed by atoms with van der Waals surface area (Å²) in [5.41, 5.74) is 0.464. The Balaban J connectivity index is 2.84. The molecular formula is C12H12O5. The minimum Gasteiger partial charge on any atom is -0.507 e. The second-order valence-corrected chi connectivity index (χ2v) is 3.05. The molecule has 0 amide bonds. The number of aliphatic carboxylic acids is 1. The van der Waals surface area contributed by atoms with Crippen LogP contribution < -0.4 is 4.74 Å². The van der Waals surface area contributed by atoms with E-state index in [0.717, 1.165) is 6.08 Å². The molecular weight excluding hydrogens is 224 g/mol. The Morgan fingerprint density at radius 1 is 1.35 bits per heavy atom. The summed E-state index contributed by atoms with van der Waals surface area (Å²) in [4.78, 5) is 10.2. The molecule has 5 heteroatoms. The first-order valence-corrected chi connectivity index (χ1v) is 4.78. The second-order valence-electron chi connectivity index (χ2n) is 3.05. The van der Waals surface area contributed by atoms with Crippen molar-refractivity contribution in [3.05, 3.63) is 48.1 Å². The molecule has 5 nitrogen and oxygen atoms in total. The normalized spacial score (nSPS) is 11.7. The van der Waals surface area contributed by atoms with Crippen molar-refractivity contribution in [2.45, 2.75) is 0 Å². The highest BCUT2D eigenvalue weighted by molar-refractivity contribution is 5.80. The summed E-state index contributed by atoms with van der Waals surface area (Å²) in [5, 5.41) is 26.6. The molecule has 0 aliphatic heterocycles. The lowest BCUT2D eigenvalue weighted by Crippen LogP contribution is -1.95. The summed E-state index contributed by atoms with van der Waals surface area (Å²) in [5.74, 6) is -0.774. The van der Waals surface area contributed by atoms with Gasteiger partial charge < -0.3 is 20.1 Å². The fourth-order valence-corrected chi connectivity index (χ4v) is 1.14. The maximum absolute atomic E-state index is 10.2. The molecule has 1 aromatic rings. The van der Waals surface area contributed by atoms with Crippen molar-refractivity contribution in [2.75, 3.05) is 6.79 Å². The van der Waals surface area contributed by atoms with Gasteiger partial charge in [0.15, 0.2) is 6.79 Å². The van der Waals surface area contributed by atoms with E-state index in [9.17, 15) is 9.90 Å². The van der Waals surface area contributed by atoms with Gasteiger partial charge in [-0.25, -0.2) is 4.79 Å². The Hall–Kier alpha value is -2.27. The molecule has 1 rings (SSSR count). The van der Waals surface area contributed by atoms with E-state index in [-0.39, 0.29) is 5.76 Å². The highest BCUT2D eigenvalue weighted by Gasteiger charge is 2.00. The molecule has 0 aliphatic carbocycles. The van der Waals surface area contributed by atoms with Crippen LogP contribution in [-0.4, -0.2) is 28.1 Å². The minimum atomic E-state index is -1.09.